The van der Waals surface area contributed by atoms with Crippen molar-refractivity contribution in [3.63, 3.8) is 0 Å². The van der Waals surface area contributed by atoms with E-state index in [4.69, 9.17) is 11.6 Å². The second-order valence-corrected chi connectivity index (χ2v) is 6.66. The van der Waals surface area contributed by atoms with Crippen molar-refractivity contribution in [2.75, 3.05) is 18.1 Å². The number of benzene rings is 1. The van der Waals surface area contributed by atoms with Crippen LogP contribution in [0.25, 0.3) is 0 Å². The third kappa shape index (κ3) is 4.41. The Balaban J connectivity index is 1.70. The third-order valence-corrected chi connectivity index (χ3v) is 5.00. The highest BCUT2D eigenvalue weighted by atomic mass is 35.5. The summed E-state index contributed by atoms with van der Waals surface area (Å²) in [6, 6.07) is 8.56. The molecule has 1 aliphatic heterocycles. The summed E-state index contributed by atoms with van der Waals surface area (Å²) >= 11 is 9.50. The molecule has 1 fully saturated rings. The fraction of sp³-hybridized carbons (Fsp3) is 0.462. The monoisotopic (exact) mass is 300 g/mol. The summed E-state index contributed by atoms with van der Waals surface area (Å²) in [4.78, 5) is 5.82. The minimum absolute atomic E-state index is 0.609. The van der Waals surface area contributed by atoms with Gasteiger partial charge in [0.15, 0.2) is 5.17 Å². The number of thioether (sulfide) groups is 2. The number of halogens is 1. The van der Waals surface area contributed by atoms with Gasteiger partial charge in [0, 0.05) is 27.5 Å². The molecule has 1 aromatic carbocycles. The summed E-state index contributed by atoms with van der Waals surface area (Å²) in [7, 11) is 0. The molecule has 0 radical (unpaired) electrons. The average Bonchev–Trinajstić information content (AvgIpc) is 2.85. The summed E-state index contributed by atoms with van der Waals surface area (Å²) in [5, 5.41) is 5.33. The molecule has 0 aromatic heterocycles. The van der Waals surface area contributed by atoms with E-state index in [-0.39, 0.29) is 0 Å². The Morgan fingerprint density at radius 3 is 2.89 bits per heavy atom. The van der Waals surface area contributed by atoms with Gasteiger partial charge < -0.3 is 5.32 Å². The van der Waals surface area contributed by atoms with E-state index in [1.807, 2.05) is 35.7 Å². The number of aliphatic imine (C=N–C) groups is 1. The van der Waals surface area contributed by atoms with E-state index in [0.717, 1.165) is 28.2 Å². The average molecular weight is 301 g/mol. The number of nitrogens with zero attached hydrogens (tertiary/aromatic N) is 1. The molecule has 0 saturated carbocycles. The topological polar surface area (TPSA) is 24.4 Å². The maximum absolute atomic E-state index is 5.84. The summed E-state index contributed by atoms with van der Waals surface area (Å²) in [5.41, 5.74) is 0. The van der Waals surface area contributed by atoms with Gasteiger partial charge in [-0.3, -0.25) is 4.99 Å². The molecule has 1 N–H and O–H groups in total. The van der Waals surface area contributed by atoms with Crippen LogP contribution in [0.5, 0.6) is 0 Å². The lowest BCUT2D eigenvalue weighted by atomic mass is 10.3. The quantitative estimate of drug-likeness (QED) is 0.659. The maximum Gasteiger partial charge on any atom is 0.156 e. The first kappa shape index (κ1) is 14.1. The van der Waals surface area contributed by atoms with Crippen LogP contribution < -0.4 is 5.32 Å². The molecule has 2 rings (SSSR count). The van der Waals surface area contributed by atoms with Crippen LogP contribution in [0.4, 0.5) is 0 Å². The first-order valence-corrected chi connectivity index (χ1v) is 8.45. The van der Waals surface area contributed by atoms with Crippen molar-refractivity contribution in [1.29, 1.82) is 0 Å². The van der Waals surface area contributed by atoms with Crippen molar-refractivity contribution in [2.45, 2.75) is 24.3 Å². The van der Waals surface area contributed by atoms with Gasteiger partial charge in [-0.15, -0.1) is 11.8 Å². The van der Waals surface area contributed by atoms with Crippen LogP contribution in [-0.4, -0.2) is 29.3 Å². The van der Waals surface area contributed by atoms with Gasteiger partial charge in [0.2, 0.25) is 0 Å². The molecule has 1 atom stereocenters. The molecule has 5 heteroatoms. The fourth-order valence-corrected chi connectivity index (χ4v) is 3.57. The van der Waals surface area contributed by atoms with E-state index in [1.54, 1.807) is 0 Å². The predicted octanol–water partition coefficient (Wildman–Crippen LogP) is 3.90. The Morgan fingerprint density at radius 2 is 2.22 bits per heavy atom. The van der Waals surface area contributed by atoms with Crippen molar-refractivity contribution in [3.05, 3.63) is 29.3 Å². The molecule has 1 heterocycles. The number of rotatable bonds is 5. The summed E-state index contributed by atoms with van der Waals surface area (Å²) in [6.45, 7) is 3.07. The zero-order valence-electron chi connectivity index (χ0n) is 10.4. The molecule has 0 spiro atoms. The Hall–Kier alpha value is -0.320. The number of hydrogen-bond acceptors (Lipinski definition) is 3. The normalized spacial score (nSPS) is 21.2. The van der Waals surface area contributed by atoms with Gasteiger partial charge in [-0.1, -0.05) is 30.3 Å². The zero-order chi connectivity index (χ0) is 12.8. The van der Waals surface area contributed by atoms with Gasteiger partial charge in [0.05, 0.1) is 6.54 Å². The second kappa shape index (κ2) is 7.31. The summed E-state index contributed by atoms with van der Waals surface area (Å²) in [5.74, 6) is 2.16. The van der Waals surface area contributed by atoms with Crippen LogP contribution >= 0.6 is 35.1 Å². The standard InChI is InChI=1S/C13H17ClN2S2/c1-2-11-9-18-13(16-11)15-7-8-17-12-5-3-10(14)4-6-12/h3-6,11H,2,7-9H2,1H3,(H,15,16)/t11-/m1/s1. The predicted molar refractivity (Wildman–Crippen MR) is 84.2 cm³/mol. The summed E-state index contributed by atoms with van der Waals surface area (Å²) in [6.07, 6.45) is 1.17. The van der Waals surface area contributed by atoms with Crippen LogP contribution in [-0.2, 0) is 0 Å². The van der Waals surface area contributed by atoms with E-state index in [0.29, 0.717) is 6.04 Å². The second-order valence-electron chi connectivity index (χ2n) is 4.05. The largest absolute Gasteiger partial charge is 0.361 e. The van der Waals surface area contributed by atoms with Gasteiger partial charge in [-0.2, -0.15) is 0 Å². The molecule has 0 bridgehead atoms. The van der Waals surface area contributed by atoms with Gasteiger partial charge in [-0.25, -0.2) is 0 Å². The molecule has 1 saturated heterocycles. The Morgan fingerprint density at radius 1 is 1.44 bits per heavy atom. The molecular formula is C13H17ClN2S2. The highest BCUT2D eigenvalue weighted by Gasteiger charge is 2.17. The Labute approximate surface area is 122 Å². The van der Waals surface area contributed by atoms with Crippen molar-refractivity contribution >= 4 is 40.3 Å². The van der Waals surface area contributed by atoms with E-state index >= 15 is 0 Å². The van der Waals surface area contributed by atoms with Crippen LogP contribution in [0, 0.1) is 0 Å². The Kier molecular flexibility index (Phi) is 5.73. The molecule has 1 aromatic rings. The van der Waals surface area contributed by atoms with Crippen molar-refractivity contribution < 1.29 is 0 Å². The molecule has 1 aliphatic rings. The fourth-order valence-electron chi connectivity index (χ4n) is 1.59. The van der Waals surface area contributed by atoms with E-state index in [2.05, 4.69) is 29.4 Å². The van der Waals surface area contributed by atoms with Gasteiger partial charge in [-0.05, 0) is 30.7 Å². The van der Waals surface area contributed by atoms with Crippen molar-refractivity contribution in [2.24, 2.45) is 4.99 Å². The Bertz CT molecular complexity index is 406. The zero-order valence-corrected chi connectivity index (χ0v) is 12.7. The lowest BCUT2D eigenvalue weighted by molar-refractivity contribution is 0.667. The first-order chi connectivity index (χ1) is 8.78. The molecule has 0 unspecified atom stereocenters. The smallest absolute Gasteiger partial charge is 0.156 e. The number of hydrogen-bond donors (Lipinski definition) is 1. The first-order valence-electron chi connectivity index (χ1n) is 6.10. The highest BCUT2D eigenvalue weighted by molar-refractivity contribution is 8.14. The van der Waals surface area contributed by atoms with Gasteiger partial charge >= 0.3 is 0 Å². The van der Waals surface area contributed by atoms with Gasteiger partial charge in [0.1, 0.15) is 0 Å². The van der Waals surface area contributed by atoms with Crippen LogP contribution in [0.15, 0.2) is 34.2 Å². The molecule has 2 nitrogen and oxygen atoms in total. The maximum atomic E-state index is 5.84. The summed E-state index contributed by atoms with van der Waals surface area (Å²) < 4.78 is 0. The lowest BCUT2D eigenvalue weighted by Crippen LogP contribution is -2.25. The van der Waals surface area contributed by atoms with Crippen molar-refractivity contribution in [3.8, 4) is 0 Å². The van der Waals surface area contributed by atoms with E-state index in [9.17, 15) is 0 Å². The molecule has 0 aliphatic carbocycles. The molecule has 0 amide bonds. The minimum Gasteiger partial charge on any atom is -0.361 e. The number of nitrogens with one attached hydrogen (secondary N) is 1. The highest BCUT2D eigenvalue weighted by Crippen LogP contribution is 2.20. The molecule has 98 valence electrons. The SMILES string of the molecule is CC[C@@H]1CSC(=NCCSc2ccc(Cl)cc2)N1. The van der Waals surface area contributed by atoms with Crippen LogP contribution in [0.1, 0.15) is 13.3 Å². The molecular weight excluding hydrogens is 284 g/mol. The molecule has 18 heavy (non-hydrogen) atoms. The van der Waals surface area contributed by atoms with Crippen molar-refractivity contribution in [1.82, 2.24) is 5.32 Å². The van der Waals surface area contributed by atoms with Crippen LogP contribution in [0.3, 0.4) is 0 Å². The van der Waals surface area contributed by atoms with E-state index in [1.165, 1.54) is 11.3 Å². The van der Waals surface area contributed by atoms with E-state index < -0.39 is 0 Å². The lowest BCUT2D eigenvalue weighted by Gasteiger charge is -2.04. The van der Waals surface area contributed by atoms with Gasteiger partial charge in [0.25, 0.3) is 0 Å². The third-order valence-electron chi connectivity index (χ3n) is 2.67. The number of amidine groups is 1. The minimum atomic E-state index is 0.609. The van der Waals surface area contributed by atoms with Crippen LogP contribution in [0.2, 0.25) is 5.02 Å².